The summed E-state index contributed by atoms with van der Waals surface area (Å²) >= 11 is 0. The maximum atomic E-state index is 11.6. The van der Waals surface area contributed by atoms with Gasteiger partial charge in [0.25, 0.3) is 0 Å². The van der Waals surface area contributed by atoms with Gasteiger partial charge >= 0.3 is 5.97 Å². The average molecular weight is 266 g/mol. The van der Waals surface area contributed by atoms with Crippen LogP contribution in [0.25, 0.3) is 11.1 Å². The zero-order valence-electron chi connectivity index (χ0n) is 11.1. The summed E-state index contributed by atoms with van der Waals surface area (Å²) in [5, 5.41) is 0. The number of esters is 1. The number of ether oxygens (including phenoxy) is 1. The normalized spacial score (nSPS) is 9.85. The second-order valence-electron chi connectivity index (χ2n) is 4.41. The molecule has 3 heteroatoms. The standard InChI is InChI=1S/C17H14O3/c1-12(2)17(19)20-16-9-4-3-8-15(16)14-7-5-6-13(10-14)11-18/h3-11H,1H2,2H3. The minimum Gasteiger partial charge on any atom is -0.423 e. The van der Waals surface area contributed by atoms with Gasteiger partial charge in [0, 0.05) is 16.7 Å². The molecule has 0 N–H and O–H groups in total. The average Bonchev–Trinajstić information content (AvgIpc) is 2.47. The Kier molecular flexibility index (Phi) is 4.11. The molecular formula is C17H14O3. The third kappa shape index (κ3) is 3.01. The summed E-state index contributed by atoms with van der Waals surface area (Å²) < 4.78 is 5.31. The summed E-state index contributed by atoms with van der Waals surface area (Å²) in [6, 6.07) is 14.3. The van der Waals surface area contributed by atoms with Gasteiger partial charge in [-0.05, 0) is 24.6 Å². The molecule has 0 aliphatic rings. The van der Waals surface area contributed by atoms with E-state index >= 15 is 0 Å². The molecular weight excluding hydrogens is 252 g/mol. The fraction of sp³-hybridized carbons (Fsp3) is 0.0588. The maximum absolute atomic E-state index is 11.6. The molecule has 0 aromatic heterocycles. The monoisotopic (exact) mass is 266 g/mol. The molecule has 2 rings (SSSR count). The molecule has 0 radical (unpaired) electrons. The summed E-state index contributed by atoms with van der Waals surface area (Å²) in [6.07, 6.45) is 0.784. The van der Waals surface area contributed by atoms with Crippen molar-refractivity contribution in [1.82, 2.24) is 0 Å². The lowest BCUT2D eigenvalue weighted by Crippen LogP contribution is -2.08. The molecule has 0 amide bonds. The Morgan fingerprint density at radius 2 is 1.90 bits per heavy atom. The van der Waals surface area contributed by atoms with Crippen LogP contribution in [0.2, 0.25) is 0 Å². The third-order valence-electron chi connectivity index (χ3n) is 2.77. The van der Waals surface area contributed by atoms with E-state index in [0.717, 1.165) is 17.4 Å². The maximum Gasteiger partial charge on any atom is 0.338 e. The van der Waals surface area contributed by atoms with Crippen molar-refractivity contribution in [3.63, 3.8) is 0 Å². The zero-order chi connectivity index (χ0) is 14.5. The summed E-state index contributed by atoms with van der Waals surface area (Å²) in [5.41, 5.74) is 2.48. The quantitative estimate of drug-likeness (QED) is 0.367. The number of benzene rings is 2. The first-order chi connectivity index (χ1) is 9.61. The highest BCUT2D eigenvalue weighted by Crippen LogP contribution is 2.30. The van der Waals surface area contributed by atoms with Crippen molar-refractivity contribution in [2.45, 2.75) is 6.92 Å². The van der Waals surface area contributed by atoms with E-state index in [1.807, 2.05) is 18.2 Å². The predicted octanol–water partition coefficient (Wildman–Crippen LogP) is 3.65. The van der Waals surface area contributed by atoms with Gasteiger partial charge in [0.15, 0.2) is 0 Å². The van der Waals surface area contributed by atoms with Crippen molar-refractivity contribution >= 4 is 12.3 Å². The van der Waals surface area contributed by atoms with Gasteiger partial charge in [-0.15, -0.1) is 0 Å². The number of carbonyl (C=O) groups is 2. The number of hydrogen-bond donors (Lipinski definition) is 0. The van der Waals surface area contributed by atoms with E-state index in [1.165, 1.54) is 0 Å². The molecule has 0 atom stereocenters. The van der Waals surface area contributed by atoms with Gasteiger partial charge in [0.05, 0.1) is 0 Å². The number of para-hydroxylation sites is 1. The number of aldehydes is 1. The van der Waals surface area contributed by atoms with E-state index in [1.54, 1.807) is 37.3 Å². The van der Waals surface area contributed by atoms with Gasteiger partial charge in [-0.2, -0.15) is 0 Å². The van der Waals surface area contributed by atoms with Crippen LogP contribution in [-0.4, -0.2) is 12.3 Å². The van der Waals surface area contributed by atoms with Gasteiger partial charge < -0.3 is 4.74 Å². The van der Waals surface area contributed by atoms with Crippen molar-refractivity contribution in [3.8, 4) is 16.9 Å². The molecule has 0 saturated carbocycles. The van der Waals surface area contributed by atoms with Gasteiger partial charge in [-0.25, -0.2) is 4.79 Å². The second-order valence-corrected chi connectivity index (χ2v) is 4.41. The lowest BCUT2D eigenvalue weighted by Gasteiger charge is -2.10. The van der Waals surface area contributed by atoms with E-state index < -0.39 is 5.97 Å². The van der Waals surface area contributed by atoms with E-state index in [2.05, 4.69) is 6.58 Å². The summed E-state index contributed by atoms with van der Waals surface area (Å²) in [7, 11) is 0. The lowest BCUT2D eigenvalue weighted by molar-refractivity contribution is -0.130. The van der Waals surface area contributed by atoms with Crippen LogP contribution in [0.3, 0.4) is 0 Å². The number of carbonyl (C=O) groups excluding carboxylic acids is 2. The van der Waals surface area contributed by atoms with E-state index in [0.29, 0.717) is 16.9 Å². The Labute approximate surface area is 117 Å². The first kappa shape index (κ1) is 13.7. The predicted molar refractivity (Wildman–Crippen MR) is 77.7 cm³/mol. The zero-order valence-corrected chi connectivity index (χ0v) is 11.1. The van der Waals surface area contributed by atoms with Crippen LogP contribution in [0, 0.1) is 0 Å². The highest BCUT2D eigenvalue weighted by Gasteiger charge is 2.11. The van der Waals surface area contributed by atoms with Crippen molar-refractivity contribution < 1.29 is 14.3 Å². The Bertz CT molecular complexity index is 671. The van der Waals surface area contributed by atoms with Crippen LogP contribution in [0.1, 0.15) is 17.3 Å². The van der Waals surface area contributed by atoms with Crippen LogP contribution >= 0.6 is 0 Å². The Hall–Kier alpha value is -2.68. The third-order valence-corrected chi connectivity index (χ3v) is 2.77. The lowest BCUT2D eigenvalue weighted by atomic mass is 10.0. The van der Waals surface area contributed by atoms with Crippen LogP contribution in [0.4, 0.5) is 0 Å². The Morgan fingerprint density at radius 1 is 1.15 bits per heavy atom. The topological polar surface area (TPSA) is 43.4 Å². The largest absolute Gasteiger partial charge is 0.423 e. The first-order valence-electron chi connectivity index (χ1n) is 6.14. The van der Waals surface area contributed by atoms with Gasteiger partial charge in [0.1, 0.15) is 12.0 Å². The summed E-state index contributed by atoms with van der Waals surface area (Å²) in [5.74, 6) is -0.0208. The van der Waals surface area contributed by atoms with Crippen LogP contribution in [0.5, 0.6) is 5.75 Å². The molecule has 0 aliphatic heterocycles. The molecule has 3 nitrogen and oxygen atoms in total. The molecule has 0 fully saturated rings. The van der Waals surface area contributed by atoms with E-state index in [4.69, 9.17) is 4.74 Å². The van der Waals surface area contributed by atoms with E-state index in [9.17, 15) is 9.59 Å². The minimum absolute atomic E-state index is 0.335. The first-order valence-corrected chi connectivity index (χ1v) is 6.14. The summed E-state index contributed by atoms with van der Waals surface area (Å²) in [4.78, 5) is 22.5. The molecule has 0 saturated heterocycles. The Balaban J connectivity index is 2.43. The highest BCUT2D eigenvalue weighted by atomic mass is 16.5. The molecule has 0 unspecified atom stereocenters. The number of rotatable bonds is 4. The van der Waals surface area contributed by atoms with Crippen molar-refractivity contribution in [2.24, 2.45) is 0 Å². The van der Waals surface area contributed by atoms with Gasteiger partial charge in [-0.1, -0.05) is 43.0 Å². The molecule has 100 valence electrons. The molecule has 2 aromatic rings. The molecule has 0 spiro atoms. The fourth-order valence-electron chi connectivity index (χ4n) is 1.76. The SMILES string of the molecule is C=C(C)C(=O)Oc1ccccc1-c1cccc(C=O)c1. The molecule has 0 heterocycles. The summed E-state index contributed by atoms with van der Waals surface area (Å²) in [6.45, 7) is 5.16. The van der Waals surface area contributed by atoms with Crippen molar-refractivity contribution in [2.75, 3.05) is 0 Å². The van der Waals surface area contributed by atoms with Crippen LogP contribution in [-0.2, 0) is 4.79 Å². The smallest absolute Gasteiger partial charge is 0.338 e. The highest BCUT2D eigenvalue weighted by molar-refractivity contribution is 5.90. The van der Waals surface area contributed by atoms with Crippen molar-refractivity contribution in [1.29, 1.82) is 0 Å². The molecule has 0 aliphatic carbocycles. The van der Waals surface area contributed by atoms with Crippen LogP contribution < -0.4 is 4.74 Å². The molecule has 2 aromatic carbocycles. The second kappa shape index (κ2) is 5.97. The molecule has 20 heavy (non-hydrogen) atoms. The van der Waals surface area contributed by atoms with Crippen LogP contribution in [0.15, 0.2) is 60.7 Å². The van der Waals surface area contributed by atoms with Gasteiger partial charge in [-0.3, -0.25) is 4.79 Å². The Morgan fingerprint density at radius 3 is 2.60 bits per heavy atom. The fourth-order valence-corrected chi connectivity index (χ4v) is 1.76. The molecule has 0 bridgehead atoms. The number of hydrogen-bond acceptors (Lipinski definition) is 3. The van der Waals surface area contributed by atoms with E-state index in [-0.39, 0.29) is 0 Å². The minimum atomic E-state index is -0.469. The van der Waals surface area contributed by atoms with Crippen molar-refractivity contribution in [3.05, 3.63) is 66.2 Å². The van der Waals surface area contributed by atoms with Gasteiger partial charge in [0.2, 0.25) is 0 Å².